The van der Waals surface area contributed by atoms with Crippen LogP contribution in [0.4, 0.5) is 0 Å². The second kappa shape index (κ2) is 17.3. The number of aldehydes is 1. The molecule has 0 saturated carbocycles. The van der Waals surface area contributed by atoms with Crippen molar-refractivity contribution >= 4 is 30.7 Å². The second-order valence-electron chi connectivity index (χ2n) is 7.14. The summed E-state index contributed by atoms with van der Waals surface area (Å²) in [6, 6.07) is 0. The van der Waals surface area contributed by atoms with Crippen molar-refractivity contribution in [2.24, 2.45) is 0 Å². The van der Waals surface area contributed by atoms with E-state index in [1.165, 1.54) is 64.3 Å². The largest absolute Gasteiger partial charge is 0.480 e. The Bertz CT molecular complexity index is 970. The van der Waals surface area contributed by atoms with Crippen molar-refractivity contribution in [1.82, 2.24) is 0 Å². The fourth-order valence-electron chi connectivity index (χ4n) is 2.17. The van der Waals surface area contributed by atoms with Gasteiger partial charge in [0.2, 0.25) is 6.29 Å². The van der Waals surface area contributed by atoms with E-state index in [4.69, 9.17) is 23.7 Å². The number of hydrogen-bond donors (Lipinski definition) is 1. The average molecular weight is 525 g/mol. The third-order valence-corrected chi connectivity index (χ3v) is 4.57. The van der Waals surface area contributed by atoms with Gasteiger partial charge in [-0.1, -0.05) is 37.3 Å². The van der Waals surface area contributed by atoms with E-state index in [-0.39, 0.29) is 29.6 Å². The molecule has 0 aliphatic rings. The summed E-state index contributed by atoms with van der Waals surface area (Å²) in [5.41, 5.74) is -0.420. The van der Waals surface area contributed by atoms with E-state index >= 15 is 0 Å². The lowest BCUT2D eigenvalue weighted by Gasteiger charge is -2.25. The number of rotatable bonds is 16. The zero-order valence-corrected chi connectivity index (χ0v) is 21.5. The molecule has 0 spiro atoms. The number of carbonyl (C=O) groups excluding carboxylic acids is 5. The molecule has 0 aromatic rings. The lowest BCUT2D eigenvalue weighted by molar-refractivity contribution is -0.212. The van der Waals surface area contributed by atoms with E-state index in [0.717, 1.165) is 7.11 Å². The second-order valence-corrected chi connectivity index (χ2v) is 7.14. The number of allylic oxidation sites excluding steroid dienone is 5. The molecule has 0 aliphatic heterocycles. The van der Waals surface area contributed by atoms with E-state index in [9.17, 15) is 29.1 Å². The van der Waals surface area contributed by atoms with E-state index in [0.29, 0.717) is 6.29 Å². The molecule has 0 fully saturated rings. The van der Waals surface area contributed by atoms with Crippen molar-refractivity contribution in [3.63, 3.8) is 0 Å². The maximum Gasteiger partial charge on any atom is 0.345 e. The van der Waals surface area contributed by atoms with Crippen LogP contribution < -0.4 is 0 Å². The minimum atomic E-state index is -1.39. The molecule has 2 atom stereocenters. The topological polar surface area (TPSA) is 161 Å². The third-order valence-electron chi connectivity index (χ3n) is 4.57. The molecule has 0 aliphatic carbocycles. The van der Waals surface area contributed by atoms with Gasteiger partial charge in [-0.3, -0.25) is 9.59 Å². The van der Waals surface area contributed by atoms with Crippen molar-refractivity contribution in [2.75, 3.05) is 20.8 Å². The van der Waals surface area contributed by atoms with Gasteiger partial charge in [-0.25, -0.2) is 14.4 Å². The van der Waals surface area contributed by atoms with Crippen LogP contribution in [0.15, 0.2) is 59.1 Å². The monoisotopic (exact) mass is 524 g/mol. The molecule has 1 N–H and O–H groups in total. The lowest BCUT2D eigenvalue weighted by atomic mass is 10.2. The molecule has 0 heterocycles. The first-order valence-corrected chi connectivity index (χ1v) is 10.9. The minimum absolute atomic E-state index is 0.196. The molecule has 0 bridgehead atoms. The van der Waals surface area contributed by atoms with E-state index in [1.807, 2.05) is 0 Å². The Morgan fingerprint density at radius 2 is 1.70 bits per heavy atom. The van der Waals surface area contributed by atoms with Crippen molar-refractivity contribution < 1.29 is 57.5 Å². The molecular weight excluding hydrogens is 492 g/mol. The number of hydrogen-bond acceptors (Lipinski definition) is 12. The molecule has 37 heavy (non-hydrogen) atoms. The highest BCUT2D eigenvalue weighted by atomic mass is 16.7. The van der Waals surface area contributed by atoms with Crippen LogP contribution in [0.1, 0.15) is 34.1 Å². The van der Waals surface area contributed by atoms with Crippen molar-refractivity contribution in [2.45, 2.75) is 46.2 Å². The Morgan fingerprint density at radius 3 is 2.22 bits per heavy atom. The number of aliphatic hydroxyl groups excluding tert-OH is 1. The van der Waals surface area contributed by atoms with Crippen molar-refractivity contribution in [3.05, 3.63) is 59.1 Å². The molecule has 0 rings (SSSR count). The minimum Gasteiger partial charge on any atom is -0.480 e. The molecule has 0 aromatic heterocycles. The molecule has 0 radical (unpaired) electrons. The molecule has 0 amide bonds. The molecular formula is C25H32O12. The van der Waals surface area contributed by atoms with Gasteiger partial charge in [-0.05, 0) is 19.9 Å². The fraction of sp³-hybridized carbons (Fsp3) is 0.400. The average Bonchev–Trinajstić information content (AvgIpc) is 2.88. The van der Waals surface area contributed by atoms with Crippen LogP contribution in [0.2, 0.25) is 0 Å². The van der Waals surface area contributed by atoms with Crippen molar-refractivity contribution in [3.8, 4) is 0 Å². The first kappa shape index (κ1) is 32.8. The van der Waals surface area contributed by atoms with Crippen LogP contribution in [0, 0.1) is 0 Å². The first-order chi connectivity index (χ1) is 17.5. The van der Waals surface area contributed by atoms with Crippen LogP contribution >= 0.6 is 0 Å². The Kier molecular flexibility index (Phi) is 15.3. The molecule has 204 valence electrons. The summed E-state index contributed by atoms with van der Waals surface area (Å²) < 4.78 is 29.5. The highest BCUT2D eigenvalue weighted by Gasteiger charge is 2.28. The van der Waals surface area contributed by atoms with Gasteiger partial charge in [0.25, 0.3) is 18.2 Å². The fourth-order valence-corrected chi connectivity index (χ4v) is 2.17. The number of methoxy groups -OCH3 is 2. The summed E-state index contributed by atoms with van der Waals surface area (Å²) in [5, 5.41) is 9.89. The van der Waals surface area contributed by atoms with Gasteiger partial charge in [0.15, 0.2) is 12.9 Å². The summed E-state index contributed by atoms with van der Waals surface area (Å²) in [7, 11) is 2.32. The third kappa shape index (κ3) is 11.9. The van der Waals surface area contributed by atoms with Crippen LogP contribution in [0.25, 0.3) is 0 Å². The van der Waals surface area contributed by atoms with Crippen LogP contribution in [-0.2, 0) is 52.4 Å². The van der Waals surface area contributed by atoms with Crippen LogP contribution in [0.3, 0.4) is 0 Å². The summed E-state index contributed by atoms with van der Waals surface area (Å²) in [5.74, 6) is -4.85. The maximum absolute atomic E-state index is 12.4. The van der Waals surface area contributed by atoms with Gasteiger partial charge >= 0.3 is 17.9 Å². The molecule has 12 nitrogen and oxygen atoms in total. The zero-order chi connectivity index (χ0) is 28.4. The Morgan fingerprint density at radius 1 is 1.03 bits per heavy atom. The summed E-state index contributed by atoms with van der Waals surface area (Å²) in [4.78, 5) is 57.8. The highest BCUT2D eigenvalue weighted by Crippen LogP contribution is 2.18. The van der Waals surface area contributed by atoms with E-state index in [1.54, 1.807) is 6.92 Å². The highest BCUT2D eigenvalue weighted by molar-refractivity contribution is 6.07. The Labute approximate surface area is 214 Å². The summed E-state index contributed by atoms with van der Waals surface area (Å²) in [6.45, 7) is 5.73. The number of carbonyl (C=O) groups is 5. The Balaban J connectivity index is 5.26. The van der Waals surface area contributed by atoms with Gasteiger partial charge in [-0.2, -0.15) is 0 Å². The Hall–Kier alpha value is -4.19. The van der Waals surface area contributed by atoms with Crippen LogP contribution in [-0.4, -0.2) is 68.7 Å². The predicted octanol–water partition coefficient (Wildman–Crippen LogP) is 2.51. The first-order valence-electron chi connectivity index (χ1n) is 10.9. The van der Waals surface area contributed by atoms with E-state index < -0.39 is 42.5 Å². The predicted molar refractivity (Wildman–Crippen MR) is 128 cm³/mol. The van der Waals surface area contributed by atoms with Crippen LogP contribution in [0.5, 0.6) is 0 Å². The van der Waals surface area contributed by atoms with Gasteiger partial charge in [0, 0.05) is 26.0 Å². The number of aliphatic hydroxyl groups is 1. The molecule has 0 aromatic carbocycles. The molecule has 2 unspecified atom stereocenters. The lowest BCUT2D eigenvalue weighted by Crippen LogP contribution is -2.34. The summed E-state index contributed by atoms with van der Waals surface area (Å²) in [6.07, 6.45) is 7.31. The normalized spacial score (nSPS) is 15.3. The zero-order valence-electron chi connectivity index (χ0n) is 21.5. The number of esters is 3. The summed E-state index contributed by atoms with van der Waals surface area (Å²) >= 11 is 0. The molecule has 0 saturated heterocycles. The SMILES string of the molecule is C/C=C(\C=O)C(=O)OC(COC(=O)C(/C=C/C=C/C=C(\C)C(=O)OC(C)(CC)OC=O)=C(/O)OC)OC. The quantitative estimate of drug-likeness (QED) is 0.0362. The van der Waals surface area contributed by atoms with Gasteiger partial charge in [-0.15, -0.1) is 0 Å². The number of ether oxygens (including phenoxy) is 6. The standard InChI is InChI=1S/C25H32O12/c1-7-18(14-26)22(29)36-20(32-5)15-34-24(31)19(23(30)33-6)13-11-9-10-12-17(3)21(28)37-25(4,8-2)35-16-27/h7,9-14,16,20,30H,8,15H2,1-6H3/b10-9+,13-11+,17-12+,18-7+,23-19-. The maximum atomic E-state index is 12.4. The smallest absolute Gasteiger partial charge is 0.345 e. The van der Waals surface area contributed by atoms with Crippen molar-refractivity contribution in [1.29, 1.82) is 0 Å². The van der Waals surface area contributed by atoms with Gasteiger partial charge in [0.1, 0.15) is 5.57 Å². The van der Waals surface area contributed by atoms with E-state index in [2.05, 4.69) is 4.74 Å². The van der Waals surface area contributed by atoms with Gasteiger partial charge < -0.3 is 33.5 Å². The van der Waals surface area contributed by atoms with Gasteiger partial charge in [0.05, 0.1) is 12.7 Å². The molecule has 12 heteroatoms.